The minimum Gasteiger partial charge on any atom is -0.356 e. The van der Waals surface area contributed by atoms with Gasteiger partial charge in [0.15, 0.2) is 0 Å². The first-order valence-corrected chi connectivity index (χ1v) is 9.19. The number of imide groups is 1. The number of carbonyl (C=O) groups is 3. The van der Waals surface area contributed by atoms with E-state index in [9.17, 15) is 14.4 Å². The topological polar surface area (TPSA) is 66.5 Å². The molecule has 2 fully saturated rings. The standard InChI is InChI=1S/C17H22N2O3S/c20-15(18-9-7-12-4-3-11-23-12)8-10-19-16(21)13-5-1-2-6-14(13)17(19)22/h3-4,11,13-14H,1-2,5-10H2,(H,18,20)/t13-,14-/m1/s1. The van der Waals surface area contributed by atoms with Gasteiger partial charge in [-0.15, -0.1) is 11.3 Å². The molecule has 1 aromatic rings. The van der Waals surface area contributed by atoms with E-state index in [0.717, 1.165) is 32.1 Å². The summed E-state index contributed by atoms with van der Waals surface area (Å²) in [5.41, 5.74) is 0. The molecule has 0 aromatic carbocycles. The van der Waals surface area contributed by atoms with Gasteiger partial charge >= 0.3 is 0 Å². The second-order valence-electron chi connectivity index (χ2n) is 6.25. The molecule has 1 N–H and O–H groups in total. The lowest BCUT2D eigenvalue weighted by atomic mass is 9.81. The number of hydrogen-bond donors (Lipinski definition) is 1. The number of carbonyl (C=O) groups excluding carboxylic acids is 3. The van der Waals surface area contributed by atoms with Gasteiger partial charge in [0.1, 0.15) is 0 Å². The van der Waals surface area contributed by atoms with Gasteiger partial charge in [-0.25, -0.2) is 0 Å². The van der Waals surface area contributed by atoms with Gasteiger partial charge in [-0.1, -0.05) is 18.9 Å². The lowest BCUT2D eigenvalue weighted by Gasteiger charge is -2.19. The predicted octanol–water partition coefficient (Wildman–Crippen LogP) is 1.97. The lowest BCUT2D eigenvalue weighted by molar-refractivity contribution is -0.140. The average Bonchev–Trinajstić information content (AvgIpc) is 3.15. The fraction of sp³-hybridized carbons (Fsp3) is 0.588. The number of fused-ring (bicyclic) bond motifs is 1. The maximum absolute atomic E-state index is 12.3. The van der Waals surface area contributed by atoms with Gasteiger partial charge in [0.25, 0.3) is 0 Å². The number of nitrogens with one attached hydrogen (secondary N) is 1. The first kappa shape index (κ1) is 16.2. The number of likely N-dealkylation sites (tertiary alicyclic amines) is 1. The second kappa shape index (κ2) is 7.25. The summed E-state index contributed by atoms with van der Waals surface area (Å²) in [6.07, 6.45) is 4.70. The van der Waals surface area contributed by atoms with E-state index in [4.69, 9.17) is 0 Å². The number of thiophene rings is 1. The van der Waals surface area contributed by atoms with Crippen LogP contribution in [0.15, 0.2) is 17.5 Å². The normalized spacial score (nSPS) is 23.9. The fourth-order valence-corrected chi connectivity index (χ4v) is 4.24. The summed E-state index contributed by atoms with van der Waals surface area (Å²) in [4.78, 5) is 39.1. The maximum Gasteiger partial charge on any atom is 0.233 e. The van der Waals surface area contributed by atoms with E-state index >= 15 is 0 Å². The molecule has 3 amide bonds. The number of nitrogens with zero attached hydrogens (tertiary/aromatic N) is 1. The molecular formula is C17H22N2O3S. The molecule has 2 heterocycles. The second-order valence-corrected chi connectivity index (χ2v) is 7.29. The molecular weight excluding hydrogens is 312 g/mol. The van der Waals surface area contributed by atoms with Gasteiger partial charge < -0.3 is 5.32 Å². The van der Waals surface area contributed by atoms with E-state index in [1.165, 1.54) is 9.78 Å². The molecule has 0 bridgehead atoms. The highest BCUT2D eigenvalue weighted by Gasteiger charge is 2.47. The molecule has 0 spiro atoms. The number of hydrogen-bond acceptors (Lipinski definition) is 4. The minimum absolute atomic E-state index is 0.0638. The molecule has 1 aliphatic carbocycles. The van der Waals surface area contributed by atoms with Crippen LogP contribution in [-0.4, -0.2) is 35.7 Å². The van der Waals surface area contributed by atoms with E-state index in [-0.39, 0.29) is 42.5 Å². The van der Waals surface area contributed by atoms with Gasteiger partial charge in [0.05, 0.1) is 11.8 Å². The molecule has 6 heteroatoms. The minimum atomic E-state index is -0.127. The Morgan fingerprint density at radius 2 is 1.91 bits per heavy atom. The summed E-state index contributed by atoms with van der Waals surface area (Å²) in [5.74, 6) is -0.481. The van der Waals surface area contributed by atoms with Gasteiger partial charge in [-0.2, -0.15) is 0 Å². The van der Waals surface area contributed by atoms with Crippen molar-refractivity contribution in [3.63, 3.8) is 0 Å². The first-order valence-electron chi connectivity index (χ1n) is 8.31. The van der Waals surface area contributed by atoms with Crippen molar-refractivity contribution in [3.8, 4) is 0 Å². The zero-order valence-corrected chi connectivity index (χ0v) is 13.9. The zero-order chi connectivity index (χ0) is 16.2. The Kier molecular flexibility index (Phi) is 5.10. The van der Waals surface area contributed by atoms with Crippen molar-refractivity contribution in [1.29, 1.82) is 0 Å². The number of rotatable bonds is 6. The van der Waals surface area contributed by atoms with Gasteiger partial charge in [0.2, 0.25) is 17.7 Å². The third kappa shape index (κ3) is 3.63. The number of amides is 3. The van der Waals surface area contributed by atoms with Crippen molar-refractivity contribution in [2.45, 2.75) is 38.5 Å². The fourth-order valence-electron chi connectivity index (χ4n) is 3.53. The summed E-state index contributed by atoms with van der Waals surface area (Å²) in [6.45, 7) is 0.808. The molecule has 2 aliphatic rings. The van der Waals surface area contributed by atoms with E-state index in [1.807, 2.05) is 17.5 Å². The average molecular weight is 334 g/mol. The summed E-state index contributed by atoms with van der Waals surface area (Å²) in [5, 5.41) is 4.87. The third-order valence-corrected chi connectivity index (χ3v) is 5.70. The molecule has 1 saturated heterocycles. The summed E-state index contributed by atoms with van der Waals surface area (Å²) in [7, 11) is 0. The van der Waals surface area contributed by atoms with Crippen LogP contribution in [0.4, 0.5) is 0 Å². The van der Waals surface area contributed by atoms with Crippen molar-refractivity contribution in [3.05, 3.63) is 22.4 Å². The molecule has 23 heavy (non-hydrogen) atoms. The van der Waals surface area contributed by atoms with Crippen LogP contribution in [0, 0.1) is 11.8 Å². The Hall–Kier alpha value is -1.69. The van der Waals surface area contributed by atoms with Crippen LogP contribution in [0.3, 0.4) is 0 Å². The SMILES string of the molecule is O=C(CCN1C(=O)[C@@H]2CCCC[C@H]2C1=O)NCCc1cccs1. The van der Waals surface area contributed by atoms with Gasteiger partial charge in [-0.05, 0) is 30.7 Å². The molecule has 1 aliphatic heterocycles. The largest absolute Gasteiger partial charge is 0.356 e. The van der Waals surface area contributed by atoms with E-state index in [0.29, 0.717) is 6.54 Å². The summed E-state index contributed by atoms with van der Waals surface area (Å²) < 4.78 is 0. The summed E-state index contributed by atoms with van der Waals surface area (Å²) in [6, 6.07) is 4.03. The van der Waals surface area contributed by atoms with Crippen LogP contribution >= 0.6 is 11.3 Å². The van der Waals surface area contributed by atoms with E-state index < -0.39 is 0 Å². The van der Waals surface area contributed by atoms with Crippen molar-refractivity contribution in [2.24, 2.45) is 11.8 Å². The monoisotopic (exact) mass is 334 g/mol. The highest BCUT2D eigenvalue weighted by atomic mass is 32.1. The van der Waals surface area contributed by atoms with Crippen molar-refractivity contribution >= 4 is 29.1 Å². The lowest BCUT2D eigenvalue weighted by Crippen LogP contribution is -2.35. The molecule has 2 atom stereocenters. The Morgan fingerprint density at radius 1 is 1.22 bits per heavy atom. The molecule has 124 valence electrons. The van der Waals surface area contributed by atoms with Crippen LogP contribution in [0.25, 0.3) is 0 Å². The highest BCUT2D eigenvalue weighted by Crippen LogP contribution is 2.37. The van der Waals surface area contributed by atoms with E-state index in [1.54, 1.807) is 11.3 Å². The maximum atomic E-state index is 12.3. The van der Waals surface area contributed by atoms with E-state index in [2.05, 4.69) is 5.32 Å². The quantitative estimate of drug-likeness (QED) is 0.809. The molecule has 0 radical (unpaired) electrons. The molecule has 3 rings (SSSR count). The molecule has 5 nitrogen and oxygen atoms in total. The Bertz CT molecular complexity index is 561. The van der Waals surface area contributed by atoms with Crippen molar-refractivity contribution in [1.82, 2.24) is 10.2 Å². The highest BCUT2D eigenvalue weighted by molar-refractivity contribution is 7.09. The Balaban J connectivity index is 1.43. The Morgan fingerprint density at radius 3 is 2.52 bits per heavy atom. The third-order valence-electron chi connectivity index (χ3n) is 4.77. The smallest absolute Gasteiger partial charge is 0.233 e. The van der Waals surface area contributed by atoms with Crippen molar-refractivity contribution in [2.75, 3.05) is 13.1 Å². The van der Waals surface area contributed by atoms with Crippen LogP contribution in [0.2, 0.25) is 0 Å². The van der Waals surface area contributed by atoms with Gasteiger partial charge in [0, 0.05) is 24.4 Å². The molecule has 1 aromatic heterocycles. The van der Waals surface area contributed by atoms with Gasteiger partial charge in [-0.3, -0.25) is 19.3 Å². The van der Waals surface area contributed by atoms with Crippen LogP contribution in [0.1, 0.15) is 37.0 Å². The summed E-state index contributed by atoms with van der Waals surface area (Å²) >= 11 is 1.67. The van der Waals surface area contributed by atoms with Crippen LogP contribution < -0.4 is 5.32 Å². The zero-order valence-electron chi connectivity index (χ0n) is 13.1. The van der Waals surface area contributed by atoms with Crippen LogP contribution in [0.5, 0.6) is 0 Å². The molecule has 1 saturated carbocycles. The van der Waals surface area contributed by atoms with Crippen LogP contribution in [-0.2, 0) is 20.8 Å². The molecule has 0 unspecified atom stereocenters. The predicted molar refractivity (Wildman–Crippen MR) is 87.8 cm³/mol. The first-order chi connectivity index (χ1) is 11.2. The Labute approximate surface area is 140 Å². The van der Waals surface area contributed by atoms with Crippen molar-refractivity contribution < 1.29 is 14.4 Å².